The van der Waals surface area contributed by atoms with Crippen LogP contribution in [-0.4, -0.2) is 11.7 Å². The summed E-state index contributed by atoms with van der Waals surface area (Å²) in [5.74, 6) is 1.40. The maximum atomic E-state index is 9.28. The third-order valence-electron chi connectivity index (χ3n) is 3.99. The molecule has 2 atom stereocenters. The fraction of sp³-hybridized carbons (Fsp3) is 0.538. The Labute approximate surface area is 84.8 Å². The van der Waals surface area contributed by atoms with E-state index in [0.717, 1.165) is 5.92 Å². The van der Waals surface area contributed by atoms with Crippen molar-refractivity contribution in [3.05, 3.63) is 35.9 Å². The molecule has 0 amide bonds. The SMILES string of the molecule is OCC1CC1(c1ccccc1)C1CC1. The van der Waals surface area contributed by atoms with E-state index in [4.69, 9.17) is 0 Å². The molecule has 1 N–H and O–H groups in total. The lowest BCUT2D eigenvalue weighted by atomic mass is 9.88. The maximum absolute atomic E-state index is 9.28. The van der Waals surface area contributed by atoms with Crippen molar-refractivity contribution in [2.45, 2.75) is 24.7 Å². The summed E-state index contributed by atoms with van der Waals surface area (Å²) >= 11 is 0. The van der Waals surface area contributed by atoms with Crippen LogP contribution >= 0.6 is 0 Å². The van der Waals surface area contributed by atoms with Gasteiger partial charge in [0.05, 0.1) is 0 Å². The molecule has 2 aliphatic rings. The van der Waals surface area contributed by atoms with E-state index in [1.165, 1.54) is 24.8 Å². The van der Waals surface area contributed by atoms with Crippen LogP contribution in [0.25, 0.3) is 0 Å². The van der Waals surface area contributed by atoms with Gasteiger partial charge in [-0.2, -0.15) is 0 Å². The topological polar surface area (TPSA) is 20.2 Å². The highest BCUT2D eigenvalue weighted by molar-refractivity contribution is 5.36. The quantitative estimate of drug-likeness (QED) is 0.772. The summed E-state index contributed by atoms with van der Waals surface area (Å²) in [6.07, 6.45) is 3.94. The van der Waals surface area contributed by atoms with Gasteiger partial charge < -0.3 is 5.11 Å². The fourth-order valence-corrected chi connectivity index (χ4v) is 3.01. The van der Waals surface area contributed by atoms with Crippen molar-refractivity contribution in [1.29, 1.82) is 0 Å². The van der Waals surface area contributed by atoms with Crippen molar-refractivity contribution in [3.63, 3.8) is 0 Å². The van der Waals surface area contributed by atoms with E-state index < -0.39 is 0 Å². The van der Waals surface area contributed by atoms with Crippen LogP contribution in [0.3, 0.4) is 0 Å². The first-order valence-electron chi connectivity index (χ1n) is 5.54. The first kappa shape index (κ1) is 8.49. The molecule has 1 aromatic rings. The summed E-state index contributed by atoms with van der Waals surface area (Å²) in [7, 11) is 0. The van der Waals surface area contributed by atoms with E-state index in [1.807, 2.05) is 0 Å². The highest BCUT2D eigenvalue weighted by Crippen LogP contribution is 2.65. The highest BCUT2D eigenvalue weighted by Gasteiger charge is 2.62. The molecule has 2 saturated carbocycles. The molecular formula is C13H16O. The number of aliphatic hydroxyl groups excluding tert-OH is 1. The Balaban J connectivity index is 1.95. The Morgan fingerprint density at radius 3 is 2.43 bits per heavy atom. The van der Waals surface area contributed by atoms with Gasteiger partial charge in [0.1, 0.15) is 0 Å². The largest absolute Gasteiger partial charge is 0.396 e. The summed E-state index contributed by atoms with van der Waals surface area (Å²) in [5, 5.41) is 9.28. The molecule has 2 unspecified atom stereocenters. The molecule has 14 heavy (non-hydrogen) atoms. The van der Waals surface area contributed by atoms with Crippen molar-refractivity contribution in [1.82, 2.24) is 0 Å². The second-order valence-electron chi connectivity index (χ2n) is 4.76. The third-order valence-corrected chi connectivity index (χ3v) is 3.99. The number of aliphatic hydroxyl groups is 1. The predicted molar refractivity (Wildman–Crippen MR) is 56.0 cm³/mol. The molecule has 0 aromatic heterocycles. The normalized spacial score (nSPS) is 35.6. The fourth-order valence-electron chi connectivity index (χ4n) is 3.01. The predicted octanol–water partition coefficient (Wildman–Crippen LogP) is 2.35. The van der Waals surface area contributed by atoms with Crippen molar-refractivity contribution in [2.24, 2.45) is 11.8 Å². The zero-order chi connectivity index (χ0) is 9.60. The van der Waals surface area contributed by atoms with Gasteiger partial charge in [0.2, 0.25) is 0 Å². The number of benzene rings is 1. The third kappa shape index (κ3) is 1.05. The highest BCUT2D eigenvalue weighted by atomic mass is 16.3. The Bertz CT molecular complexity index is 328. The minimum atomic E-state index is 0.366. The summed E-state index contributed by atoms with van der Waals surface area (Å²) in [6, 6.07) is 10.8. The van der Waals surface area contributed by atoms with Crippen LogP contribution in [0.1, 0.15) is 24.8 Å². The van der Waals surface area contributed by atoms with Crippen molar-refractivity contribution < 1.29 is 5.11 Å². The summed E-state index contributed by atoms with van der Waals surface area (Å²) in [5.41, 5.74) is 1.83. The van der Waals surface area contributed by atoms with E-state index in [1.54, 1.807) is 0 Å². The second-order valence-corrected chi connectivity index (χ2v) is 4.76. The van der Waals surface area contributed by atoms with E-state index in [9.17, 15) is 5.11 Å². The van der Waals surface area contributed by atoms with Crippen LogP contribution in [0.5, 0.6) is 0 Å². The summed E-state index contributed by atoms with van der Waals surface area (Å²) in [6.45, 7) is 0.366. The lowest BCUT2D eigenvalue weighted by Crippen LogP contribution is -2.14. The van der Waals surface area contributed by atoms with Crippen LogP contribution in [0.15, 0.2) is 30.3 Å². The molecule has 1 heteroatoms. The van der Waals surface area contributed by atoms with Crippen LogP contribution in [0, 0.1) is 11.8 Å². The van der Waals surface area contributed by atoms with Crippen LogP contribution in [-0.2, 0) is 5.41 Å². The van der Waals surface area contributed by atoms with Gasteiger partial charge in [0.15, 0.2) is 0 Å². The van der Waals surface area contributed by atoms with Gasteiger partial charge in [-0.1, -0.05) is 30.3 Å². The van der Waals surface area contributed by atoms with Gasteiger partial charge >= 0.3 is 0 Å². The average molecular weight is 188 g/mol. The maximum Gasteiger partial charge on any atom is 0.0468 e. The van der Waals surface area contributed by atoms with E-state index in [2.05, 4.69) is 30.3 Å². The number of rotatable bonds is 3. The molecule has 3 rings (SSSR count). The van der Waals surface area contributed by atoms with Crippen molar-refractivity contribution in [3.8, 4) is 0 Å². The van der Waals surface area contributed by atoms with Gasteiger partial charge in [0, 0.05) is 12.0 Å². The zero-order valence-corrected chi connectivity index (χ0v) is 8.32. The van der Waals surface area contributed by atoms with Gasteiger partial charge in [-0.05, 0) is 36.7 Å². The molecular weight excluding hydrogens is 172 g/mol. The van der Waals surface area contributed by atoms with Gasteiger partial charge in [-0.25, -0.2) is 0 Å². The van der Waals surface area contributed by atoms with Crippen LogP contribution < -0.4 is 0 Å². The average Bonchev–Trinajstić information content (AvgIpc) is 3.12. The Morgan fingerprint density at radius 2 is 1.93 bits per heavy atom. The first-order chi connectivity index (χ1) is 6.88. The number of hydrogen-bond donors (Lipinski definition) is 1. The van der Waals surface area contributed by atoms with E-state index >= 15 is 0 Å². The van der Waals surface area contributed by atoms with Crippen molar-refractivity contribution in [2.75, 3.05) is 6.61 Å². The Morgan fingerprint density at radius 1 is 1.21 bits per heavy atom. The molecule has 0 aliphatic heterocycles. The Hall–Kier alpha value is -0.820. The van der Waals surface area contributed by atoms with Crippen molar-refractivity contribution >= 4 is 0 Å². The molecule has 74 valence electrons. The van der Waals surface area contributed by atoms with Crippen LogP contribution in [0.4, 0.5) is 0 Å². The molecule has 2 fully saturated rings. The smallest absolute Gasteiger partial charge is 0.0468 e. The number of hydrogen-bond acceptors (Lipinski definition) is 1. The first-order valence-corrected chi connectivity index (χ1v) is 5.54. The molecule has 0 spiro atoms. The van der Waals surface area contributed by atoms with E-state index in [0.29, 0.717) is 17.9 Å². The molecule has 2 aliphatic carbocycles. The molecule has 0 saturated heterocycles. The minimum absolute atomic E-state index is 0.366. The molecule has 0 bridgehead atoms. The van der Waals surface area contributed by atoms with E-state index in [-0.39, 0.29) is 0 Å². The summed E-state index contributed by atoms with van der Waals surface area (Å²) < 4.78 is 0. The monoisotopic (exact) mass is 188 g/mol. The minimum Gasteiger partial charge on any atom is -0.396 e. The molecule has 0 heterocycles. The van der Waals surface area contributed by atoms with Crippen LogP contribution in [0.2, 0.25) is 0 Å². The van der Waals surface area contributed by atoms with Gasteiger partial charge in [-0.15, -0.1) is 0 Å². The van der Waals surface area contributed by atoms with Gasteiger partial charge in [-0.3, -0.25) is 0 Å². The second kappa shape index (κ2) is 2.83. The molecule has 0 radical (unpaired) electrons. The summed E-state index contributed by atoms with van der Waals surface area (Å²) in [4.78, 5) is 0. The van der Waals surface area contributed by atoms with Gasteiger partial charge in [0.25, 0.3) is 0 Å². The lowest BCUT2D eigenvalue weighted by Gasteiger charge is -2.16. The zero-order valence-electron chi connectivity index (χ0n) is 8.32. The lowest BCUT2D eigenvalue weighted by molar-refractivity contribution is 0.259. The Kier molecular flexibility index (Phi) is 1.72. The standard InChI is InChI=1S/C13H16O/c14-9-12-8-13(12,11-6-7-11)10-4-2-1-3-5-10/h1-5,11-12,14H,6-9H2. The molecule has 1 nitrogen and oxygen atoms in total. The molecule has 1 aromatic carbocycles.